The number of ether oxygens (including phenoxy) is 2. The quantitative estimate of drug-likeness (QED) is 0.538. The van der Waals surface area contributed by atoms with Crippen LogP contribution >= 0.6 is 27.7 Å². The van der Waals surface area contributed by atoms with Crippen LogP contribution in [0, 0.1) is 6.92 Å². The number of amides is 2. The van der Waals surface area contributed by atoms with Gasteiger partial charge in [-0.15, -0.1) is 0 Å². The maximum Gasteiger partial charge on any atom is 0.293 e. The van der Waals surface area contributed by atoms with Crippen LogP contribution in [0.2, 0.25) is 0 Å². The molecule has 3 rings (SSSR count). The highest BCUT2D eigenvalue weighted by molar-refractivity contribution is 9.10. The first-order valence-electron chi connectivity index (χ1n) is 8.74. The molecule has 2 aromatic rings. The van der Waals surface area contributed by atoms with Crippen LogP contribution in [0.25, 0.3) is 6.08 Å². The van der Waals surface area contributed by atoms with Crippen LogP contribution < -0.4 is 9.47 Å². The van der Waals surface area contributed by atoms with E-state index in [1.165, 1.54) is 4.90 Å². The number of carbonyl (C=O) groups is 2. The van der Waals surface area contributed by atoms with Crippen molar-refractivity contribution < 1.29 is 19.1 Å². The number of aryl methyl sites for hydroxylation is 1. The van der Waals surface area contributed by atoms with E-state index in [2.05, 4.69) is 15.9 Å². The predicted octanol–water partition coefficient (Wildman–Crippen LogP) is 5.40. The summed E-state index contributed by atoms with van der Waals surface area (Å²) in [6.45, 7) is 4.66. The minimum atomic E-state index is -0.296. The molecule has 2 amide bonds. The summed E-state index contributed by atoms with van der Waals surface area (Å²) in [5.41, 5.74) is 2.78. The highest BCUT2D eigenvalue weighted by Gasteiger charge is 2.35. The maximum absolute atomic E-state index is 12.8. The molecule has 0 aliphatic carbocycles. The van der Waals surface area contributed by atoms with Crippen molar-refractivity contribution in [2.75, 3.05) is 13.7 Å². The Labute approximate surface area is 176 Å². The van der Waals surface area contributed by atoms with Crippen LogP contribution in [0.5, 0.6) is 11.5 Å². The van der Waals surface area contributed by atoms with E-state index in [0.29, 0.717) is 23.0 Å². The average molecular weight is 462 g/mol. The molecule has 1 saturated heterocycles. The summed E-state index contributed by atoms with van der Waals surface area (Å²) in [6.07, 6.45) is 1.70. The van der Waals surface area contributed by atoms with E-state index in [1.54, 1.807) is 25.3 Å². The summed E-state index contributed by atoms with van der Waals surface area (Å²) in [5.74, 6) is 0.881. The van der Waals surface area contributed by atoms with Crippen molar-refractivity contribution in [1.29, 1.82) is 0 Å². The van der Waals surface area contributed by atoms with E-state index in [0.717, 1.165) is 32.9 Å². The monoisotopic (exact) mass is 461 g/mol. The molecule has 28 heavy (non-hydrogen) atoms. The summed E-state index contributed by atoms with van der Waals surface area (Å²) in [6, 6.07) is 11.4. The molecule has 5 nitrogen and oxygen atoms in total. The Kier molecular flexibility index (Phi) is 6.46. The fourth-order valence-corrected chi connectivity index (χ4v) is 4.01. The van der Waals surface area contributed by atoms with Crippen LogP contribution in [-0.4, -0.2) is 29.8 Å². The van der Waals surface area contributed by atoms with Gasteiger partial charge in [0.15, 0.2) is 11.5 Å². The standard InChI is InChI=1S/C21H20BrNO4S/c1-4-27-18-11-16(22)15(9-17(18)26-3)10-19-20(24)23(21(25)28-19)12-14-7-5-13(2)6-8-14/h5-11H,4,12H2,1-3H3/b19-10-. The molecule has 0 N–H and O–H groups in total. The Morgan fingerprint density at radius 2 is 1.86 bits per heavy atom. The van der Waals surface area contributed by atoms with Crippen molar-refractivity contribution in [2.45, 2.75) is 20.4 Å². The number of nitrogens with zero attached hydrogens (tertiary/aromatic N) is 1. The Balaban J connectivity index is 1.86. The van der Waals surface area contributed by atoms with Gasteiger partial charge in [-0.05, 0) is 54.9 Å². The zero-order valence-electron chi connectivity index (χ0n) is 15.8. The lowest BCUT2D eigenvalue weighted by Gasteiger charge is -2.13. The number of hydrogen-bond acceptors (Lipinski definition) is 5. The van der Waals surface area contributed by atoms with Crippen molar-refractivity contribution in [2.24, 2.45) is 0 Å². The largest absolute Gasteiger partial charge is 0.493 e. The number of benzene rings is 2. The molecule has 0 saturated carbocycles. The van der Waals surface area contributed by atoms with Crippen molar-refractivity contribution >= 4 is 44.9 Å². The fourth-order valence-electron chi connectivity index (χ4n) is 2.74. The second kappa shape index (κ2) is 8.84. The number of halogens is 1. The molecule has 0 unspecified atom stereocenters. The van der Waals surface area contributed by atoms with Crippen LogP contribution in [0.15, 0.2) is 45.8 Å². The van der Waals surface area contributed by atoms with Crippen LogP contribution in [0.1, 0.15) is 23.6 Å². The SMILES string of the molecule is CCOc1cc(Br)c(/C=C2\SC(=O)N(Cc3ccc(C)cc3)C2=O)cc1OC. The molecule has 0 radical (unpaired) electrons. The van der Waals surface area contributed by atoms with Gasteiger partial charge in [0.2, 0.25) is 0 Å². The van der Waals surface area contributed by atoms with E-state index in [1.807, 2.05) is 38.1 Å². The summed E-state index contributed by atoms with van der Waals surface area (Å²) < 4.78 is 11.7. The zero-order valence-corrected chi connectivity index (χ0v) is 18.2. The molecular formula is C21H20BrNO4S. The normalized spacial score (nSPS) is 15.4. The van der Waals surface area contributed by atoms with Gasteiger partial charge in [-0.1, -0.05) is 45.8 Å². The second-order valence-electron chi connectivity index (χ2n) is 6.21. The fraction of sp³-hybridized carbons (Fsp3) is 0.238. The highest BCUT2D eigenvalue weighted by Crippen LogP contribution is 2.38. The molecule has 146 valence electrons. The molecular weight excluding hydrogens is 442 g/mol. The molecule has 2 aromatic carbocycles. The Bertz CT molecular complexity index is 940. The zero-order chi connectivity index (χ0) is 20.3. The van der Waals surface area contributed by atoms with Gasteiger partial charge in [-0.3, -0.25) is 14.5 Å². The first-order chi connectivity index (χ1) is 13.4. The van der Waals surface area contributed by atoms with E-state index in [4.69, 9.17) is 9.47 Å². The van der Waals surface area contributed by atoms with Gasteiger partial charge < -0.3 is 9.47 Å². The lowest BCUT2D eigenvalue weighted by molar-refractivity contribution is -0.123. The van der Waals surface area contributed by atoms with Gasteiger partial charge in [-0.25, -0.2) is 0 Å². The maximum atomic E-state index is 12.8. The molecule has 7 heteroatoms. The topological polar surface area (TPSA) is 55.8 Å². The molecule has 0 atom stereocenters. The third-order valence-corrected chi connectivity index (χ3v) is 5.80. The first kappa shape index (κ1) is 20.5. The molecule has 1 fully saturated rings. The Morgan fingerprint density at radius 3 is 2.50 bits per heavy atom. The van der Waals surface area contributed by atoms with Crippen LogP contribution in [-0.2, 0) is 11.3 Å². The van der Waals surface area contributed by atoms with Gasteiger partial charge in [0.05, 0.1) is 25.2 Å². The van der Waals surface area contributed by atoms with E-state index >= 15 is 0 Å². The summed E-state index contributed by atoms with van der Waals surface area (Å²) in [5, 5.41) is -0.272. The van der Waals surface area contributed by atoms with E-state index in [-0.39, 0.29) is 17.7 Å². The number of methoxy groups -OCH3 is 1. The van der Waals surface area contributed by atoms with Crippen molar-refractivity contribution in [3.05, 3.63) is 62.5 Å². The number of imide groups is 1. The van der Waals surface area contributed by atoms with Gasteiger partial charge in [0.25, 0.3) is 11.1 Å². The van der Waals surface area contributed by atoms with Gasteiger partial charge in [0.1, 0.15) is 0 Å². The van der Waals surface area contributed by atoms with E-state index < -0.39 is 0 Å². The third-order valence-electron chi connectivity index (χ3n) is 4.20. The van der Waals surface area contributed by atoms with Crippen molar-refractivity contribution in [3.63, 3.8) is 0 Å². The molecule has 1 heterocycles. The summed E-state index contributed by atoms with van der Waals surface area (Å²) in [4.78, 5) is 26.8. The van der Waals surface area contributed by atoms with Gasteiger partial charge >= 0.3 is 0 Å². The minimum absolute atomic E-state index is 0.260. The number of carbonyl (C=O) groups excluding carboxylic acids is 2. The lowest BCUT2D eigenvalue weighted by atomic mass is 10.1. The molecule has 1 aliphatic heterocycles. The Hall–Kier alpha value is -2.25. The molecule has 0 bridgehead atoms. The minimum Gasteiger partial charge on any atom is -0.493 e. The lowest BCUT2D eigenvalue weighted by Crippen LogP contribution is -2.27. The van der Waals surface area contributed by atoms with Crippen LogP contribution in [0.3, 0.4) is 0 Å². The van der Waals surface area contributed by atoms with E-state index in [9.17, 15) is 9.59 Å². The average Bonchev–Trinajstić information content (AvgIpc) is 2.93. The molecule has 1 aliphatic rings. The number of thioether (sulfide) groups is 1. The smallest absolute Gasteiger partial charge is 0.293 e. The summed E-state index contributed by atoms with van der Waals surface area (Å²) in [7, 11) is 1.56. The third kappa shape index (κ3) is 4.42. The summed E-state index contributed by atoms with van der Waals surface area (Å²) >= 11 is 4.44. The van der Waals surface area contributed by atoms with Crippen molar-refractivity contribution in [1.82, 2.24) is 4.90 Å². The second-order valence-corrected chi connectivity index (χ2v) is 8.06. The van der Waals surface area contributed by atoms with Gasteiger partial charge in [-0.2, -0.15) is 0 Å². The molecule has 0 spiro atoms. The highest BCUT2D eigenvalue weighted by atomic mass is 79.9. The first-order valence-corrected chi connectivity index (χ1v) is 10.3. The number of hydrogen-bond donors (Lipinski definition) is 0. The Morgan fingerprint density at radius 1 is 1.14 bits per heavy atom. The predicted molar refractivity (Wildman–Crippen MR) is 115 cm³/mol. The van der Waals surface area contributed by atoms with Crippen molar-refractivity contribution in [3.8, 4) is 11.5 Å². The number of rotatable bonds is 6. The molecule has 0 aromatic heterocycles. The van der Waals surface area contributed by atoms with Crippen LogP contribution in [0.4, 0.5) is 4.79 Å². The van der Waals surface area contributed by atoms with Gasteiger partial charge in [0, 0.05) is 4.47 Å².